The van der Waals surface area contributed by atoms with Gasteiger partial charge in [0.05, 0.1) is 6.04 Å². The van der Waals surface area contributed by atoms with Crippen LogP contribution in [0.2, 0.25) is 0 Å². The zero-order valence-corrected chi connectivity index (χ0v) is 16.4. The SMILES string of the molecule is CCNC(=O)[C@@H]1C[C@H](NC(=O)c2ccncc2)CN1C1CCN(CC)CC1. The predicted octanol–water partition coefficient (Wildman–Crippen LogP) is 0.875. The summed E-state index contributed by atoms with van der Waals surface area (Å²) in [5, 5.41) is 6.08. The Labute approximate surface area is 161 Å². The number of likely N-dealkylation sites (N-methyl/N-ethyl adjacent to an activating group) is 1. The number of piperidine rings is 1. The lowest BCUT2D eigenvalue weighted by Gasteiger charge is -2.38. The maximum Gasteiger partial charge on any atom is 0.251 e. The van der Waals surface area contributed by atoms with Crippen LogP contribution in [0, 0.1) is 0 Å². The van der Waals surface area contributed by atoms with Crippen LogP contribution in [-0.2, 0) is 4.79 Å². The van der Waals surface area contributed by atoms with Crippen LogP contribution < -0.4 is 10.6 Å². The molecule has 1 aromatic rings. The van der Waals surface area contributed by atoms with E-state index in [-0.39, 0.29) is 23.9 Å². The van der Waals surface area contributed by atoms with Crippen LogP contribution in [0.5, 0.6) is 0 Å². The van der Waals surface area contributed by atoms with E-state index in [0.717, 1.165) is 39.0 Å². The molecule has 2 N–H and O–H groups in total. The topological polar surface area (TPSA) is 77.6 Å². The summed E-state index contributed by atoms with van der Waals surface area (Å²) in [6.07, 6.45) is 6.06. The third-order valence-electron chi connectivity index (χ3n) is 5.74. The fourth-order valence-corrected chi connectivity index (χ4v) is 4.26. The number of carbonyl (C=O) groups is 2. The Hall–Kier alpha value is -1.99. The van der Waals surface area contributed by atoms with Crippen LogP contribution in [-0.4, -0.2) is 77.4 Å². The zero-order chi connectivity index (χ0) is 19.2. The average Bonchev–Trinajstić information content (AvgIpc) is 3.13. The van der Waals surface area contributed by atoms with Gasteiger partial charge in [-0.25, -0.2) is 0 Å². The molecule has 0 aromatic carbocycles. The predicted molar refractivity (Wildman–Crippen MR) is 104 cm³/mol. The summed E-state index contributed by atoms with van der Waals surface area (Å²) in [6, 6.07) is 3.66. The number of amides is 2. The van der Waals surface area contributed by atoms with E-state index in [1.807, 2.05) is 6.92 Å². The van der Waals surface area contributed by atoms with E-state index in [0.29, 0.717) is 24.6 Å². The molecule has 0 radical (unpaired) electrons. The second-order valence-corrected chi connectivity index (χ2v) is 7.41. The van der Waals surface area contributed by atoms with Gasteiger partial charge >= 0.3 is 0 Å². The first-order valence-electron chi connectivity index (χ1n) is 10.1. The highest BCUT2D eigenvalue weighted by Gasteiger charge is 2.41. The van der Waals surface area contributed by atoms with E-state index in [2.05, 4.69) is 32.3 Å². The minimum absolute atomic E-state index is 0.0116. The summed E-state index contributed by atoms with van der Waals surface area (Å²) in [6.45, 7) is 8.73. The van der Waals surface area contributed by atoms with Gasteiger partial charge in [0, 0.05) is 43.1 Å². The highest BCUT2D eigenvalue weighted by molar-refractivity contribution is 5.94. The minimum atomic E-state index is -0.161. The molecule has 2 fully saturated rings. The van der Waals surface area contributed by atoms with E-state index in [9.17, 15) is 9.59 Å². The Morgan fingerprint density at radius 2 is 1.89 bits per heavy atom. The molecule has 0 spiro atoms. The van der Waals surface area contributed by atoms with Gasteiger partial charge in [-0.05, 0) is 58.0 Å². The number of hydrogen-bond acceptors (Lipinski definition) is 5. The number of aromatic nitrogens is 1. The second kappa shape index (κ2) is 9.28. The lowest BCUT2D eigenvalue weighted by atomic mass is 10.0. The van der Waals surface area contributed by atoms with Crippen molar-refractivity contribution in [2.24, 2.45) is 0 Å². The molecule has 3 heterocycles. The van der Waals surface area contributed by atoms with Gasteiger partial charge in [0.2, 0.25) is 5.91 Å². The lowest BCUT2D eigenvalue weighted by Crippen LogP contribution is -2.51. The van der Waals surface area contributed by atoms with Gasteiger partial charge in [0.15, 0.2) is 0 Å². The molecule has 0 bridgehead atoms. The van der Waals surface area contributed by atoms with Gasteiger partial charge < -0.3 is 15.5 Å². The van der Waals surface area contributed by atoms with Crippen molar-refractivity contribution in [1.82, 2.24) is 25.4 Å². The Balaban J connectivity index is 1.66. The standard InChI is InChI=1S/C20H31N5O2/c1-3-22-20(27)18-13-16(23-19(26)15-5-9-21-10-6-15)14-25(18)17-7-11-24(4-2)12-8-17/h5-6,9-10,16-18H,3-4,7-8,11-14H2,1-2H3,(H,22,27)(H,23,26)/t16-,18-/m0/s1. The third-order valence-corrected chi connectivity index (χ3v) is 5.74. The van der Waals surface area contributed by atoms with Crippen molar-refractivity contribution < 1.29 is 9.59 Å². The number of rotatable bonds is 6. The van der Waals surface area contributed by atoms with Crippen LogP contribution in [0.4, 0.5) is 0 Å². The molecule has 0 saturated carbocycles. The van der Waals surface area contributed by atoms with Crippen molar-refractivity contribution in [3.8, 4) is 0 Å². The smallest absolute Gasteiger partial charge is 0.251 e. The van der Waals surface area contributed by atoms with Gasteiger partial charge in [-0.3, -0.25) is 19.5 Å². The highest BCUT2D eigenvalue weighted by Crippen LogP contribution is 2.27. The van der Waals surface area contributed by atoms with Gasteiger partial charge in [-0.2, -0.15) is 0 Å². The van der Waals surface area contributed by atoms with Gasteiger partial charge in [-0.15, -0.1) is 0 Å². The molecule has 0 unspecified atom stereocenters. The first-order valence-corrected chi connectivity index (χ1v) is 10.1. The molecule has 3 rings (SSSR count). The molecule has 27 heavy (non-hydrogen) atoms. The zero-order valence-electron chi connectivity index (χ0n) is 16.4. The van der Waals surface area contributed by atoms with Crippen LogP contribution in [0.25, 0.3) is 0 Å². The van der Waals surface area contributed by atoms with Crippen molar-refractivity contribution in [3.63, 3.8) is 0 Å². The van der Waals surface area contributed by atoms with Crippen molar-refractivity contribution >= 4 is 11.8 Å². The van der Waals surface area contributed by atoms with Crippen molar-refractivity contribution in [2.75, 3.05) is 32.7 Å². The summed E-state index contributed by atoms with van der Waals surface area (Å²) in [5.41, 5.74) is 0.606. The first-order chi connectivity index (χ1) is 13.1. The van der Waals surface area contributed by atoms with E-state index >= 15 is 0 Å². The monoisotopic (exact) mass is 373 g/mol. The number of hydrogen-bond donors (Lipinski definition) is 2. The first kappa shape index (κ1) is 19.8. The van der Waals surface area contributed by atoms with Crippen molar-refractivity contribution in [3.05, 3.63) is 30.1 Å². The molecule has 1 aromatic heterocycles. The molecule has 0 aliphatic carbocycles. The summed E-state index contributed by atoms with van der Waals surface area (Å²) < 4.78 is 0. The molecule has 7 heteroatoms. The molecular weight excluding hydrogens is 342 g/mol. The van der Waals surface area contributed by atoms with Crippen LogP contribution >= 0.6 is 0 Å². The summed E-state index contributed by atoms with van der Waals surface area (Å²) in [5.74, 6) is -0.0178. The number of pyridine rings is 1. The number of carbonyl (C=O) groups excluding carboxylic acids is 2. The fraction of sp³-hybridized carbons (Fsp3) is 0.650. The third kappa shape index (κ3) is 4.84. The number of nitrogens with one attached hydrogen (secondary N) is 2. The summed E-state index contributed by atoms with van der Waals surface area (Å²) in [4.78, 5) is 33.9. The Morgan fingerprint density at radius 3 is 2.52 bits per heavy atom. The quantitative estimate of drug-likeness (QED) is 0.774. The molecule has 7 nitrogen and oxygen atoms in total. The molecule has 2 saturated heterocycles. The second-order valence-electron chi connectivity index (χ2n) is 7.41. The summed E-state index contributed by atoms with van der Waals surface area (Å²) in [7, 11) is 0. The molecule has 2 aliphatic heterocycles. The van der Waals surface area contributed by atoms with E-state index < -0.39 is 0 Å². The molecule has 2 aliphatic rings. The van der Waals surface area contributed by atoms with Gasteiger partial charge in [0.25, 0.3) is 5.91 Å². The lowest BCUT2D eigenvalue weighted by molar-refractivity contribution is -0.126. The Kier molecular flexibility index (Phi) is 6.79. The Bertz CT molecular complexity index is 631. The molecule has 2 amide bonds. The van der Waals surface area contributed by atoms with Crippen LogP contribution in [0.3, 0.4) is 0 Å². The molecule has 148 valence electrons. The van der Waals surface area contributed by atoms with Crippen molar-refractivity contribution in [1.29, 1.82) is 0 Å². The van der Waals surface area contributed by atoms with Crippen molar-refractivity contribution in [2.45, 2.75) is 51.2 Å². The van der Waals surface area contributed by atoms with Gasteiger partial charge in [-0.1, -0.05) is 6.92 Å². The number of likely N-dealkylation sites (tertiary alicyclic amines) is 2. The largest absolute Gasteiger partial charge is 0.355 e. The van der Waals surface area contributed by atoms with Crippen LogP contribution in [0.15, 0.2) is 24.5 Å². The Morgan fingerprint density at radius 1 is 1.19 bits per heavy atom. The van der Waals surface area contributed by atoms with E-state index in [4.69, 9.17) is 0 Å². The van der Waals surface area contributed by atoms with E-state index in [1.54, 1.807) is 24.5 Å². The normalized spacial score (nSPS) is 24.7. The minimum Gasteiger partial charge on any atom is -0.355 e. The molecule has 2 atom stereocenters. The fourth-order valence-electron chi connectivity index (χ4n) is 4.26. The van der Waals surface area contributed by atoms with E-state index in [1.165, 1.54) is 0 Å². The van der Waals surface area contributed by atoms with Crippen LogP contribution in [0.1, 0.15) is 43.5 Å². The average molecular weight is 374 g/mol. The highest BCUT2D eigenvalue weighted by atomic mass is 16.2. The summed E-state index contributed by atoms with van der Waals surface area (Å²) >= 11 is 0. The van der Waals surface area contributed by atoms with Gasteiger partial charge in [0.1, 0.15) is 0 Å². The number of nitrogens with zero attached hydrogens (tertiary/aromatic N) is 3. The molecular formula is C20H31N5O2. The maximum atomic E-state index is 12.6. The maximum absolute atomic E-state index is 12.6.